The molecule has 0 saturated carbocycles. The molecule has 1 N–H and O–H groups in total. The Morgan fingerprint density at radius 3 is 2.20 bits per heavy atom. The SMILES string of the molecule is CCC1(C2CCNC2)C(c2ccc(Cl)c(Cl)c2)C(C(=O)N=O)(c2ccccc2)CCN1C(=O)c1cc(OC)c(OC)c(OC)c1. The number of methoxy groups -OCH3 is 3. The number of nitroso groups, excluding NO2 is 1. The van der Waals surface area contributed by atoms with Crippen LogP contribution in [0.5, 0.6) is 17.2 Å². The highest BCUT2D eigenvalue weighted by Gasteiger charge is 2.65. The summed E-state index contributed by atoms with van der Waals surface area (Å²) in [4.78, 5) is 43.3. The van der Waals surface area contributed by atoms with Crippen molar-refractivity contribution in [2.45, 2.75) is 43.1 Å². The molecule has 0 bridgehead atoms. The highest BCUT2D eigenvalue weighted by molar-refractivity contribution is 6.42. The molecule has 2 aliphatic rings. The topological polar surface area (TPSA) is 107 Å². The molecule has 3 aromatic rings. The largest absolute Gasteiger partial charge is 0.493 e. The molecule has 238 valence electrons. The fourth-order valence-corrected chi connectivity index (χ4v) is 8.15. The van der Waals surface area contributed by atoms with E-state index in [0.717, 1.165) is 13.0 Å². The first kappa shape index (κ1) is 32.7. The van der Waals surface area contributed by atoms with E-state index in [1.165, 1.54) is 21.3 Å². The molecule has 2 fully saturated rings. The molecule has 0 spiro atoms. The fourth-order valence-electron chi connectivity index (χ4n) is 7.84. The second-order valence-corrected chi connectivity index (χ2v) is 12.3. The number of carbonyl (C=O) groups excluding carboxylic acids is 2. The maximum atomic E-state index is 14.9. The number of hydrogen-bond acceptors (Lipinski definition) is 7. The third-order valence-electron chi connectivity index (χ3n) is 9.75. The number of hydrogen-bond donors (Lipinski definition) is 1. The van der Waals surface area contributed by atoms with Crippen LogP contribution in [0.4, 0.5) is 0 Å². The van der Waals surface area contributed by atoms with Gasteiger partial charge in [0.15, 0.2) is 11.5 Å². The fraction of sp³-hybridized carbons (Fsp3) is 0.412. The first-order valence-corrected chi connectivity index (χ1v) is 15.7. The van der Waals surface area contributed by atoms with E-state index >= 15 is 0 Å². The number of rotatable bonds is 9. The minimum absolute atomic E-state index is 0.0872. The normalized spacial score (nSPS) is 24.6. The van der Waals surface area contributed by atoms with Gasteiger partial charge in [0, 0.05) is 29.7 Å². The van der Waals surface area contributed by atoms with E-state index in [1.54, 1.807) is 24.3 Å². The molecule has 0 radical (unpaired) electrons. The van der Waals surface area contributed by atoms with Crippen molar-refractivity contribution >= 4 is 35.0 Å². The van der Waals surface area contributed by atoms with Gasteiger partial charge in [-0.3, -0.25) is 9.59 Å². The lowest BCUT2D eigenvalue weighted by Crippen LogP contribution is -2.69. The van der Waals surface area contributed by atoms with Crippen LogP contribution in [0, 0.1) is 10.8 Å². The lowest BCUT2D eigenvalue weighted by molar-refractivity contribution is -0.131. The zero-order valence-electron chi connectivity index (χ0n) is 25.8. The molecule has 2 amide bonds. The van der Waals surface area contributed by atoms with Crippen LogP contribution in [0.15, 0.2) is 65.8 Å². The van der Waals surface area contributed by atoms with Crippen molar-refractivity contribution in [3.05, 3.63) is 92.3 Å². The van der Waals surface area contributed by atoms with Crippen molar-refractivity contribution < 1.29 is 23.8 Å². The Balaban J connectivity index is 1.83. The van der Waals surface area contributed by atoms with E-state index in [0.29, 0.717) is 56.9 Å². The van der Waals surface area contributed by atoms with Gasteiger partial charge in [-0.15, -0.1) is 4.91 Å². The summed E-state index contributed by atoms with van der Waals surface area (Å²) in [5.74, 6) is -0.771. The van der Waals surface area contributed by atoms with E-state index in [1.807, 2.05) is 48.2 Å². The predicted molar refractivity (Wildman–Crippen MR) is 174 cm³/mol. The number of likely N-dealkylation sites (tertiary alicyclic amines) is 1. The van der Waals surface area contributed by atoms with Gasteiger partial charge < -0.3 is 24.4 Å². The van der Waals surface area contributed by atoms with Gasteiger partial charge in [-0.1, -0.05) is 66.5 Å². The van der Waals surface area contributed by atoms with Gasteiger partial charge in [0.25, 0.3) is 11.8 Å². The van der Waals surface area contributed by atoms with Gasteiger partial charge >= 0.3 is 0 Å². The van der Waals surface area contributed by atoms with Gasteiger partial charge in [-0.2, -0.15) is 0 Å². The van der Waals surface area contributed by atoms with Gasteiger partial charge in [0.1, 0.15) is 0 Å². The molecule has 45 heavy (non-hydrogen) atoms. The quantitative estimate of drug-likeness (QED) is 0.258. The molecule has 0 aromatic heterocycles. The predicted octanol–water partition coefficient (Wildman–Crippen LogP) is 6.64. The molecule has 2 aliphatic heterocycles. The van der Waals surface area contributed by atoms with Crippen LogP contribution in [0.1, 0.15) is 53.6 Å². The Morgan fingerprint density at radius 2 is 1.67 bits per heavy atom. The first-order chi connectivity index (χ1) is 21.7. The Labute approximate surface area is 273 Å². The van der Waals surface area contributed by atoms with E-state index in [-0.39, 0.29) is 24.8 Å². The summed E-state index contributed by atoms with van der Waals surface area (Å²) in [5, 5.41) is 7.22. The van der Waals surface area contributed by atoms with Crippen molar-refractivity contribution in [1.82, 2.24) is 10.2 Å². The molecular formula is C34H37Cl2N3O6. The van der Waals surface area contributed by atoms with Gasteiger partial charge in [0.05, 0.1) is 42.3 Å². The molecular weight excluding hydrogens is 617 g/mol. The highest BCUT2D eigenvalue weighted by atomic mass is 35.5. The Morgan fingerprint density at radius 1 is 0.978 bits per heavy atom. The number of benzene rings is 3. The third-order valence-corrected chi connectivity index (χ3v) is 10.5. The van der Waals surface area contributed by atoms with E-state index < -0.39 is 22.8 Å². The average molecular weight is 655 g/mol. The van der Waals surface area contributed by atoms with Gasteiger partial charge in [0.2, 0.25) is 5.75 Å². The molecule has 9 nitrogen and oxygen atoms in total. The molecule has 3 aromatic carbocycles. The Kier molecular flexibility index (Phi) is 9.72. The minimum atomic E-state index is -1.38. The van der Waals surface area contributed by atoms with Gasteiger partial charge in [-0.05, 0) is 67.1 Å². The maximum absolute atomic E-state index is 14.9. The summed E-state index contributed by atoms with van der Waals surface area (Å²) in [6.45, 7) is 3.56. The lowest BCUT2D eigenvalue weighted by atomic mass is 9.51. The number of ether oxygens (including phenoxy) is 3. The van der Waals surface area contributed by atoms with Crippen LogP contribution in [0.3, 0.4) is 0 Å². The second-order valence-electron chi connectivity index (χ2n) is 11.5. The zero-order chi connectivity index (χ0) is 32.4. The zero-order valence-corrected chi connectivity index (χ0v) is 27.3. The molecule has 2 heterocycles. The number of piperidine rings is 1. The van der Waals surface area contributed by atoms with Crippen LogP contribution in [-0.4, -0.2) is 63.2 Å². The lowest BCUT2D eigenvalue weighted by Gasteiger charge is -2.61. The molecule has 4 atom stereocenters. The summed E-state index contributed by atoms with van der Waals surface area (Å²) < 4.78 is 16.7. The van der Waals surface area contributed by atoms with Crippen LogP contribution in [0.2, 0.25) is 10.0 Å². The number of nitrogens with zero attached hydrogens (tertiary/aromatic N) is 2. The van der Waals surface area contributed by atoms with E-state index in [2.05, 4.69) is 10.5 Å². The number of amides is 2. The van der Waals surface area contributed by atoms with Crippen molar-refractivity contribution in [2.24, 2.45) is 11.1 Å². The van der Waals surface area contributed by atoms with Crippen molar-refractivity contribution in [1.29, 1.82) is 0 Å². The monoisotopic (exact) mass is 653 g/mol. The first-order valence-electron chi connectivity index (χ1n) is 14.9. The van der Waals surface area contributed by atoms with Crippen LogP contribution in [0.25, 0.3) is 0 Å². The molecule has 5 rings (SSSR count). The smallest absolute Gasteiger partial charge is 0.297 e. The summed E-state index contributed by atoms with van der Waals surface area (Å²) in [6, 6.07) is 17.8. The van der Waals surface area contributed by atoms with E-state index in [9.17, 15) is 14.5 Å². The third kappa shape index (κ3) is 5.34. The van der Waals surface area contributed by atoms with Crippen molar-refractivity contribution in [3.63, 3.8) is 0 Å². The summed E-state index contributed by atoms with van der Waals surface area (Å²) >= 11 is 13.0. The van der Waals surface area contributed by atoms with Crippen LogP contribution < -0.4 is 19.5 Å². The standard InChI is InChI=1S/C34H37Cl2N3O6/c1-5-34(24-13-15-37-20-24)30(21-11-12-25(35)26(36)17-21)33(32(41)38-42,23-9-7-6-8-10-23)14-16-39(34)31(40)22-18-27(43-2)29(45-4)28(19-22)44-3/h6-12,17-19,24,30,37H,5,13-16,20H2,1-4H3. The maximum Gasteiger partial charge on any atom is 0.297 e. The van der Waals surface area contributed by atoms with E-state index in [4.69, 9.17) is 37.4 Å². The molecule has 2 saturated heterocycles. The summed E-state index contributed by atoms with van der Waals surface area (Å²) in [6.07, 6.45) is 1.38. The number of halogens is 2. The van der Waals surface area contributed by atoms with Crippen molar-refractivity contribution in [2.75, 3.05) is 41.0 Å². The second kappa shape index (κ2) is 13.4. The minimum Gasteiger partial charge on any atom is -0.493 e. The Bertz CT molecular complexity index is 1560. The Hall–Kier alpha value is -3.66. The van der Waals surface area contributed by atoms with Crippen LogP contribution >= 0.6 is 23.2 Å². The number of carbonyl (C=O) groups is 2. The highest BCUT2D eigenvalue weighted by Crippen LogP contribution is 2.59. The van der Waals surface area contributed by atoms with Gasteiger partial charge in [-0.25, -0.2) is 0 Å². The van der Waals surface area contributed by atoms with Crippen LogP contribution in [-0.2, 0) is 10.2 Å². The van der Waals surface area contributed by atoms with Crippen molar-refractivity contribution in [3.8, 4) is 17.2 Å². The average Bonchev–Trinajstić information content (AvgIpc) is 3.63. The summed E-state index contributed by atoms with van der Waals surface area (Å²) in [7, 11) is 4.50. The molecule has 0 aliphatic carbocycles. The molecule has 4 unspecified atom stereocenters. The molecule has 11 heteroatoms. The number of nitrogens with one attached hydrogen (secondary N) is 1. The summed E-state index contributed by atoms with van der Waals surface area (Å²) in [5.41, 5.74) is -0.652.